The molecule has 0 amide bonds. The van der Waals surface area contributed by atoms with Crippen LogP contribution in [-0.4, -0.2) is 21.1 Å². The lowest BCUT2D eigenvalue weighted by Gasteiger charge is -2.03. The molecule has 0 unspecified atom stereocenters. The van der Waals surface area contributed by atoms with Crippen LogP contribution in [0.4, 0.5) is 0 Å². The van der Waals surface area contributed by atoms with E-state index < -0.39 is 11.2 Å². The van der Waals surface area contributed by atoms with Crippen molar-refractivity contribution >= 4 is 17.5 Å². The third-order valence-electron chi connectivity index (χ3n) is 2.06. The van der Waals surface area contributed by atoms with Gasteiger partial charge < -0.3 is 0 Å². The van der Waals surface area contributed by atoms with Crippen LogP contribution in [0, 0.1) is 0 Å². The molecule has 1 aliphatic rings. The predicted octanol–water partition coefficient (Wildman–Crippen LogP) is -0.155. The van der Waals surface area contributed by atoms with Gasteiger partial charge in [-0.3, -0.25) is 19.1 Å². The van der Waals surface area contributed by atoms with Gasteiger partial charge in [-0.1, -0.05) is 0 Å². The summed E-state index contributed by atoms with van der Waals surface area (Å²) < 4.78 is 1.43. The number of rotatable bonds is 1. The van der Waals surface area contributed by atoms with Gasteiger partial charge in [-0.25, -0.2) is 4.79 Å². The van der Waals surface area contributed by atoms with Crippen LogP contribution in [0.25, 0.3) is 0 Å². The smallest absolute Gasteiger partial charge is 0.294 e. The molecule has 0 spiro atoms. The molecule has 0 atom stereocenters. The maximum Gasteiger partial charge on any atom is 0.329 e. The summed E-state index contributed by atoms with van der Waals surface area (Å²) in [5, 5.41) is 0.506. The fraction of sp³-hybridized carbons (Fsp3) is 0.375. The zero-order valence-electron chi connectivity index (χ0n) is 7.49. The maximum atomic E-state index is 11.3. The highest BCUT2D eigenvalue weighted by atomic mass is 32.2. The third kappa shape index (κ3) is 1.22. The number of hydrogen-bond acceptors (Lipinski definition) is 4. The van der Waals surface area contributed by atoms with Crippen LogP contribution >= 0.6 is 11.8 Å². The molecule has 0 aliphatic carbocycles. The van der Waals surface area contributed by atoms with E-state index in [1.54, 1.807) is 0 Å². The minimum Gasteiger partial charge on any atom is -0.294 e. The normalized spacial score (nSPS) is 14.1. The molecule has 1 aromatic rings. The predicted molar refractivity (Wildman–Crippen MR) is 52.1 cm³/mol. The Hall–Kier alpha value is -1.30. The summed E-state index contributed by atoms with van der Waals surface area (Å²) in [7, 11) is 0. The minimum atomic E-state index is -0.580. The lowest BCUT2D eigenvalue weighted by molar-refractivity contribution is 0.101. The summed E-state index contributed by atoms with van der Waals surface area (Å²) in [6.07, 6.45) is 0. The first-order valence-corrected chi connectivity index (χ1v) is 5.10. The van der Waals surface area contributed by atoms with Gasteiger partial charge in [0.25, 0.3) is 5.56 Å². The monoisotopic (exact) mass is 212 g/mol. The summed E-state index contributed by atoms with van der Waals surface area (Å²) in [6.45, 7) is 1.88. The molecule has 0 bridgehead atoms. The van der Waals surface area contributed by atoms with Crippen molar-refractivity contribution in [3.05, 3.63) is 26.4 Å². The number of fused-ring (bicyclic) bond motifs is 1. The van der Waals surface area contributed by atoms with E-state index in [-0.39, 0.29) is 11.3 Å². The second-order valence-electron chi connectivity index (χ2n) is 3.00. The highest BCUT2D eigenvalue weighted by Crippen LogP contribution is 2.25. The number of Topliss-reactive ketones (excluding diaryl/α,β-unsaturated/α-hetero) is 1. The SMILES string of the molecule is CC(=O)c1c2n(c(=O)[nH]c1=O)CCS2. The zero-order valence-corrected chi connectivity index (χ0v) is 8.31. The van der Waals surface area contributed by atoms with Crippen LogP contribution in [0.5, 0.6) is 0 Å². The number of hydrogen-bond donors (Lipinski definition) is 1. The Balaban J connectivity index is 2.85. The first-order chi connectivity index (χ1) is 6.61. The van der Waals surface area contributed by atoms with Crippen molar-refractivity contribution in [1.82, 2.24) is 9.55 Å². The Morgan fingerprint density at radius 3 is 2.86 bits per heavy atom. The summed E-state index contributed by atoms with van der Waals surface area (Å²) in [4.78, 5) is 36.0. The molecule has 0 aromatic carbocycles. The number of carbonyl (C=O) groups excluding carboxylic acids is 1. The van der Waals surface area contributed by atoms with Crippen LogP contribution < -0.4 is 11.2 Å². The van der Waals surface area contributed by atoms with E-state index in [1.165, 1.54) is 23.3 Å². The highest BCUT2D eigenvalue weighted by Gasteiger charge is 2.22. The van der Waals surface area contributed by atoms with Gasteiger partial charge in [-0.15, -0.1) is 11.8 Å². The Labute approximate surface area is 83.1 Å². The molecule has 1 aliphatic heterocycles. The lowest BCUT2D eigenvalue weighted by Crippen LogP contribution is -2.33. The van der Waals surface area contributed by atoms with Gasteiger partial charge in [0.15, 0.2) is 5.78 Å². The van der Waals surface area contributed by atoms with Crippen molar-refractivity contribution in [3.8, 4) is 0 Å². The van der Waals surface area contributed by atoms with E-state index in [9.17, 15) is 14.4 Å². The number of aromatic nitrogens is 2. The number of H-pyrrole nitrogens is 1. The second-order valence-corrected chi connectivity index (χ2v) is 4.08. The fourth-order valence-electron chi connectivity index (χ4n) is 1.45. The molecule has 74 valence electrons. The lowest BCUT2D eigenvalue weighted by atomic mass is 10.2. The zero-order chi connectivity index (χ0) is 10.3. The van der Waals surface area contributed by atoms with E-state index in [2.05, 4.69) is 4.98 Å². The summed E-state index contributed by atoms with van der Waals surface area (Å²) in [5.74, 6) is 0.428. The standard InChI is InChI=1S/C8H8N2O3S/c1-4(11)5-6(12)9-8(13)10-2-3-14-7(5)10/h2-3H2,1H3,(H,9,12,13). The topological polar surface area (TPSA) is 71.9 Å². The molecule has 0 fully saturated rings. The molecule has 0 radical (unpaired) electrons. The fourth-order valence-corrected chi connectivity index (χ4v) is 2.63. The largest absolute Gasteiger partial charge is 0.329 e. The number of ketones is 1. The number of nitrogens with one attached hydrogen (secondary N) is 1. The van der Waals surface area contributed by atoms with Gasteiger partial charge in [-0.2, -0.15) is 0 Å². The third-order valence-corrected chi connectivity index (χ3v) is 3.14. The van der Waals surface area contributed by atoms with Gasteiger partial charge in [0, 0.05) is 12.3 Å². The van der Waals surface area contributed by atoms with Crippen molar-refractivity contribution in [2.24, 2.45) is 0 Å². The van der Waals surface area contributed by atoms with Crippen molar-refractivity contribution in [2.45, 2.75) is 18.5 Å². The van der Waals surface area contributed by atoms with E-state index >= 15 is 0 Å². The van der Waals surface area contributed by atoms with E-state index in [0.717, 1.165) is 5.75 Å². The summed E-state index contributed by atoms with van der Waals surface area (Å²) in [5.41, 5.74) is -0.907. The number of carbonyl (C=O) groups is 1. The average molecular weight is 212 g/mol. The molecule has 5 nitrogen and oxygen atoms in total. The maximum absolute atomic E-state index is 11.3. The van der Waals surface area contributed by atoms with Gasteiger partial charge in [-0.05, 0) is 6.92 Å². The molecule has 1 N–H and O–H groups in total. The van der Waals surface area contributed by atoms with Gasteiger partial charge in [0.05, 0.1) is 5.03 Å². The van der Waals surface area contributed by atoms with Crippen LogP contribution in [0.15, 0.2) is 14.6 Å². The minimum absolute atomic E-state index is 0.104. The second kappa shape index (κ2) is 3.13. The van der Waals surface area contributed by atoms with Crippen LogP contribution in [0.2, 0.25) is 0 Å². The average Bonchev–Trinajstić information content (AvgIpc) is 2.51. The molecular formula is C8H8N2O3S. The van der Waals surface area contributed by atoms with E-state index in [4.69, 9.17) is 0 Å². The Morgan fingerprint density at radius 2 is 2.21 bits per heavy atom. The van der Waals surface area contributed by atoms with Crippen LogP contribution in [0.3, 0.4) is 0 Å². The van der Waals surface area contributed by atoms with Crippen molar-refractivity contribution in [1.29, 1.82) is 0 Å². The van der Waals surface area contributed by atoms with E-state index in [1.807, 2.05) is 0 Å². The molecule has 0 saturated heterocycles. The van der Waals surface area contributed by atoms with Crippen molar-refractivity contribution in [2.75, 3.05) is 5.75 Å². The first-order valence-electron chi connectivity index (χ1n) is 4.12. The molecule has 0 saturated carbocycles. The van der Waals surface area contributed by atoms with Crippen LogP contribution in [0.1, 0.15) is 17.3 Å². The first kappa shape index (κ1) is 9.26. The molecule has 2 rings (SSSR count). The molecule has 1 aromatic heterocycles. The Morgan fingerprint density at radius 1 is 1.50 bits per heavy atom. The number of aromatic amines is 1. The molecule has 14 heavy (non-hydrogen) atoms. The quantitative estimate of drug-likeness (QED) is 0.519. The number of thioether (sulfide) groups is 1. The Bertz CT molecular complexity index is 514. The van der Waals surface area contributed by atoms with Gasteiger partial charge in [0.2, 0.25) is 0 Å². The number of nitrogens with zero attached hydrogens (tertiary/aromatic N) is 1. The Kier molecular flexibility index (Phi) is 2.07. The molecular weight excluding hydrogens is 204 g/mol. The van der Waals surface area contributed by atoms with E-state index in [0.29, 0.717) is 11.6 Å². The van der Waals surface area contributed by atoms with Gasteiger partial charge >= 0.3 is 5.69 Å². The molecule has 2 heterocycles. The molecule has 6 heteroatoms. The van der Waals surface area contributed by atoms with Gasteiger partial charge in [0.1, 0.15) is 5.56 Å². The summed E-state index contributed by atoms with van der Waals surface area (Å²) in [6, 6.07) is 0. The van der Waals surface area contributed by atoms with Crippen molar-refractivity contribution in [3.63, 3.8) is 0 Å². The van der Waals surface area contributed by atoms with Crippen LogP contribution in [-0.2, 0) is 6.54 Å². The summed E-state index contributed by atoms with van der Waals surface area (Å²) >= 11 is 1.37. The van der Waals surface area contributed by atoms with Crippen molar-refractivity contribution < 1.29 is 4.79 Å². The highest BCUT2D eigenvalue weighted by molar-refractivity contribution is 7.99.